The monoisotopic (exact) mass is 202 g/mol. The van der Waals surface area contributed by atoms with Crippen molar-refractivity contribution in [2.75, 3.05) is 39.5 Å². The minimum absolute atomic E-state index is 0.0656. The van der Waals surface area contributed by atoms with E-state index in [-0.39, 0.29) is 6.61 Å². The smallest absolute Gasteiger partial charge is 0.0608 e. The van der Waals surface area contributed by atoms with Gasteiger partial charge in [-0.15, -0.1) is 0 Å². The summed E-state index contributed by atoms with van der Waals surface area (Å²) in [5.41, 5.74) is 5.43. The predicted octanol–water partition coefficient (Wildman–Crippen LogP) is -0.192. The van der Waals surface area contributed by atoms with Gasteiger partial charge in [0.25, 0.3) is 0 Å². The number of hydrogen-bond acceptors (Lipinski definition) is 4. The van der Waals surface area contributed by atoms with Crippen molar-refractivity contribution < 1.29 is 9.84 Å². The van der Waals surface area contributed by atoms with Crippen molar-refractivity contribution in [3.8, 4) is 0 Å². The average molecular weight is 202 g/mol. The SMILES string of the molecule is CC(N)(CO)CCCN1CCOCC1. The fourth-order valence-electron chi connectivity index (χ4n) is 1.61. The molecule has 14 heavy (non-hydrogen) atoms. The normalized spacial score (nSPS) is 23.4. The summed E-state index contributed by atoms with van der Waals surface area (Å²) in [6.07, 6.45) is 1.93. The van der Waals surface area contributed by atoms with Gasteiger partial charge in [0.15, 0.2) is 0 Å². The lowest BCUT2D eigenvalue weighted by Gasteiger charge is -2.28. The van der Waals surface area contributed by atoms with Gasteiger partial charge in [-0.2, -0.15) is 0 Å². The van der Waals surface area contributed by atoms with E-state index in [1.807, 2.05) is 6.92 Å². The third-order valence-electron chi connectivity index (χ3n) is 2.69. The van der Waals surface area contributed by atoms with E-state index in [4.69, 9.17) is 15.6 Å². The van der Waals surface area contributed by atoms with Crippen LogP contribution in [-0.2, 0) is 4.74 Å². The second kappa shape index (κ2) is 5.66. The first kappa shape index (κ1) is 11.9. The summed E-state index contributed by atoms with van der Waals surface area (Å²) in [7, 11) is 0. The Kier molecular flexibility index (Phi) is 4.81. The second-order valence-corrected chi connectivity index (χ2v) is 4.37. The summed E-state index contributed by atoms with van der Waals surface area (Å²) >= 11 is 0. The quantitative estimate of drug-likeness (QED) is 0.648. The van der Waals surface area contributed by atoms with E-state index in [2.05, 4.69) is 4.90 Å². The third-order valence-corrected chi connectivity index (χ3v) is 2.69. The van der Waals surface area contributed by atoms with Gasteiger partial charge < -0.3 is 15.6 Å². The molecule has 0 aliphatic carbocycles. The maximum absolute atomic E-state index is 8.97. The molecule has 1 atom stereocenters. The lowest BCUT2D eigenvalue weighted by atomic mass is 9.98. The van der Waals surface area contributed by atoms with Gasteiger partial charge in [-0.1, -0.05) is 0 Å². The molecule has 1 heterocycles. The van der Waals surface area contributed by atoms with Gasteiger partial charge in [0.1, 0.15) is 0 Å². The number of aliphatic hydroxyl groups is 1. The first-order valence-electron chi connectivity index (χ1n) is 5.34. The molecule has 0 radical (unpaired) electrons. The lowest BCUT2D eigenvalue weighted by Crippen LogP contribution is -2.42. The van der Waals surface area contributed by atoms with Crippen LogP contribution in [0.4, 0.5) is 0 Å². The maximum Gasteiger partial charge on any atom is 0.0608 e. The van der Waals surface area contributed by atoms with E-state index in [1.54, 1.807) is 0 Å². The van der Waals surface area contributed by atoms with E-state index in [9.17, 15) is 0 Å². The van der Waals surface area contributed by atoms with Crippen molar-refractivity contribution in [1.82, 2.24) is 4.90 Å². The second-order valence-electron chi connectivity index (χ2n) is 4.37. The number of nitrogens with two attached hydrogens (primary N) is 1. The van der Waals surface area contributed by atoms with Crippen molar-refractivity contribution in [2.45, 2.75) is 25.3 Å². The number of rotatable bonds is 5. The molecule has 1 rings (SSSR count). The summed E-state index contributed by atoms with van der Waals surface area (Å²) in [6, 6.07) is 0. The first-order chi connectivity index (χ1) is 6.64. The Labute approximate surface area is 86.0 Å². The van der Waals surface area contributed by atoms with E-state index in [1.165, 1.54) is 0 Å². The number of aliphatic hydroxyl groups excluding tert-OH is 1. The maximum atomic E-state index is 8.97. The third kappa shape index (κ3) is 4.37. The molecule has 4 heteroatoms. The summed E-state index contributed by atoms with van der Waals surface area (Å²) in [5, 5.41) is 8.97. The van der Waals surface area contributed by atoms with Crippen molar-refractivity contribution in [2.24, 2.45) is 5.73 Å². The molecule has 0 bridgehead atoms. The Bertz CT molecular complexity index is 156. The summed E-state index contributed by atoms with van der Waals surface area (Å²) in [4.78, 5) is 2.39. The zero-order valence-corrected chi connectivity index (χ0v) is 9.04. The van der Waals surface area contributed by atoms with E-state index >= 15 is 0 Å². The Hall–Kier alpha value is -0.160. The summed E-state index contributed by atoms with van der Waals surface area (Å²) in [6.45, 7) is 6.78. The van der Waals surface area contributed by atoms with Crippen LogP contribution in [0.2, 0.25) is 0 Å². The standard InChI is InChI=1S/C10H22N2O2/c1-10(11,9-13)3-2-4-12-5-7-14-8-6-12/h13H,2-9,11H2,1H3. The molecule has 84 valence electrons. The molecule has 0 aromatic rings. The Balaban J connectivity index is 2.08. The topological polar surface area (TPSA) is 58.7 Å². The Morgan fingerprint density at radius 3 is 2.64 bits per heavy atom. The average Bonchev–Trinajstić information content (AvgIpc) is 2.19. The first-order valence-corrected chi connectivity index (χ1v) is 5.34. The van der Waals surface area contributed by atoms with Crippen LogP contribution in [0.25, 0.3) is 0 Å². The van der Waals surface area contributed by atoms with Gasteiger partial charge in [-0.05, 0) is 26.3 Å². The highest BCUT2D eigenvalue weighted by Crippen LogP contribution is 2.09. The number of nitrogens with zero attached hydrogens (tertiary/aromatic N) is 1. The minimum Gasteiger partial charge on any atom is -0.394 e. The largest absolute Gasteiger partial charge is 0.394 e. The van der Waals surface area contributed by atoms with E-state index in [0.29, 0.717) is 0 Å². The molecular formula is C10H22N2O2. The number of morpholine rings is 1. The molecule has 0 aromatic heterocycles. The van der Waals surface area contributed by atoms with Gasteiger partial charge in [-0.3, -0.25) is 4.90 Å². The molecule has 1 aliphatic heterocycles. The zero-order chi connectivity index (χ0) is 10.4. The molecule has 1 fully saturated rings. The highest BCUT2D eigenvalue weighted by atomic mass is 16.5. The van der Waals surface area contributed by atoms with Crippen LogP contribution in [0.5, 0.6) is 0 Å². The van der Waals surface area contributed by atoms with Crippen LogP contribution < -0.4 is 5.73 Å². The van der Waals surface area contributed by atoms with Gasteiger partial charge in [0.05, 0.1) is 19.8 Å². The van der Waals surface area contributed by atoms with Crippen LogP contribution in [-0.4, -0.2) is 55.0 Å². The van der Waals surface area contributed by atoms with Crippen molar-refractivity contribution >= 4 is 0 Å². The highest BCUT2D eigenvalue weighted by Gasteiger charge is 2.17. The molecule has 0 saturated carbocycles. The Morgan fingerprint density at radius 2 is 2.07 bits per heavy atom. The molecule has 3 N–H and O–H groups in total. The Morgan fingerprint density at radius 1 is 1.43 bits per heavy atom. The molecule has 1 saturated heterocycles. The van der Waals surface area contributed by atoms with Crippen molar-refractivity contribution in [3.63, 3.8) is 0 Å². The van der Waals surface area contributed by atoms with Crippen LogP contribution in [0, 0.1) is 0 Å². The van der Waals surface area contributed by atoms with Gasteiger partial charge in [0.2, 0.25) is 0 Å². The van der Waals surface area contributed by atoms with Crippen molar-refractivity contribution in [1.29, 1.82) is 0 Å². The summed E-state index contributed by atoms with van der Waals surface area (Å²) < 4.78 is 5.26. The lowest BCUT2D eigenvalue weighted by molar-refractivity contribution is 0.0360. The molecule has 0 aromatic carbocycles. The molecule has 4 nitrogen and oxygen atoms in total. The van der Waals surface area contributed by atoms with Crippen LogP contribution >= 0.6 is 0 Å². The van der Waals surface area contributed by atoms with Gasteiger partial charge in [0, 0.05) is 18.6 Å². The highest BCUT2D eigenvalue weighted by molar-refractivity contribution is 4.77. The molecule has 1 unspecified atom stereocenters. The van der Waals surface area contributed by atoms with Crippen LogP contribution in [0.3, 0.4) is 0 Å². The number of hydrogen-bond donors (Lipinski definition) is 2. The summed E-state index contributed by atoms with van der Waals surface area (Å²) in [5.74, 6) is 0. The van der Waals surface area contributed by atoms with Crippen molar-refractivity contribution in [3.05, 3.63) is 0 Å². The van der Waals surface area contributed by atoms with E-state index in [0.717, 1.165) is 45.7 Å². The van der Waals surface area contributed by atoms with E-state index < -0.39 is 5.54 Å². The minimum atomic E-state index is -0.410. The molecule has 1 aliphatic rings. The fourth-order valence-corrected chi connectivity index (χ4v) is 1.61. The van der Waals surface area contributed by atoms with Gasteiger partial charge in [-0.25, -0.2) is 0 Å². The predicted molar refractivity (Wildman–Crippen MR) is 56.2 cm³/mol. The molecular weight excluding hydrogens is 180 g/mol. The molecule has 0 amide bonds. The zero-order valence-electron chi connectivity index (χ0n) is 9.04. The van der Waals surface area contributed by atoms with Gasteiger partial charge >= 0.3 is 0 Å². The number of ether oxygens (including phenoxy) is 1. The molecule has 0 spiro atoms. The van der Waals surface area contributed by atoms with Crippen LogP contribution in [0.15, 0.2) is 0 Å². The fraction of sp³-hybridized carbons (Fsp3) is 1.00. The van der Waals surface area contributed by atoms with Crippen LogP contribution in [0.1, 0.15) is 19.8 Å².